The molecule has 0 fully saturated rings. The summed E-state index contributed by atoms with van der Waals surface area (Å²) in [5.41, 5.74) is 1.37. The molecule has 0 atom stereocenters. The molecule has 0 spiro atoms. The molecule has 106 valence electrons. The Balaban J connectivity index is 1.67. The van der Waals surface area contributed by atoms with Gasteiger partial charge in [0.1, 0.15) is 0 Å². The third-order valence-corrected chi connectivity index (χ3v) is 2.85. The van der Waals surface area contributed by atoms with E-state index in [2.05, 4.69) is 20.1 Å². The standard InChI is InChI=1S/C14H18N4O2/c1-20-14(19)12-4-5-13(16-10-12)11-15-6-2-8-18-9-3-7-17-18/h3-5,7,9-10,15H,2,6,8,11H2,1H3. The van der Waals surface area contributed by atoms with Gasteiger partial charge in [-0.1, -0.05) is 0 Å². The van der Waals surface area contributed by atoms with Gasteiger partial charge in [-0.3, -0.25) is 9.67 Å². The number of pyridine rings is 1. The monoisotopic (exact) mass is 274 g/mol. The summed E-state index contributed by atoms with van der Waals surface area (Å²) in [5.74, 6) is -0.365. The summed E-state index contributed by atoms with van der Waals surface area (Å²) < 4.78 is 6.53. The summed E-state index contributed by atoms with van der Waals surface area (Å²) in [6, 6.07) is 5.46. The van der Waals surface area contributed by atoms with Gasteiger partial charge in [-0.2, -0.15) is 5.10 Å². The molecule has 20 heavy (non-hydrogen) atoms. The van der Waals surface area contributed by atoms with Crippen LogP contribution >= 0.6 is 0 Å². The molecule has 2 aromatic rings. The summed E-state index contributed by atoms with van der Waals surface area (Å²) >= 11 is 0. The summed E-state index contributed by atoms with van der Waals surface area (Å²) in [7, 11) is 1.36. The Labute approximate surface area is 117 Å². The minimum absolute atomic E-state index is 0.365. The van der Waals surface area contributed by atoms with E-state index in [-0.39, 0.29) is 5.97 Å². The number of esters is 1. The van der Waals surface area contributed by atoms with Crippen molar-refractivity contribution in [3.8, 4) is 0 Å². The van der Waals surface area contributed by atoms with Gasteiger partial charge in [0, 0.05) is 31.7 Å². The van der Waals surface area contributed by atoms with Crippen LogP contribution in [-0.4, -0.2) is 34.4 Å². The molecular formula is C14H18N4O2. The normalized spacial score (nSPS) is 10.4. The molecule has 0 radical (unpaired) electrons. The van der Waals surface area contributed by atoms with Gasteiger partial charge in [0.25, 0.3) is 0 Å². The lowest BCUT2D eigenvalue weighted by atomic mass is 10.2. The Kier molecular flexibility index (Phi) is 5.25. The first-order chi connectivity index (χ1) is 9.79. The third-order valence-electron chi connectivity index (χ3n) is 2.85. The number of aryl methyl sites for hydroxylation is 1. The number of hydrogen-bond acceptors (Lipinski definition) is 5. The second-order valence-corrected chi connectivity index (χ2v) is 4.33. The number of carbonyl (C=O) groups is 1. The molecule has 0 aliphatic carbocycles. The van der Waals surface area contributed by atoms with E-state index in [1.54, 1.807) is 12.3 Å². The zero-order valence-corrected chi connectivity index (χ0v) is 11.5. The topological polar surface area (TPSA) is 69.0 Å². The largest absolute Gasteiger partial charge is 0.465 e. The SMILES string of the molecule is COC(=O)c1ccc(CNCCCn2cccn2)nc1. The number of rotatable bonds is 7. The molecule has 0 unspecified atom stereocenters. The first-order valence-electron chi connectivity index (χ1n) is 6.51. The lowest BCUT2D eigenvalue weighted by molar-refractivity contribution is 0.0600. The second-order valence-electron chi connectivity index (χ2n) is 4.33. The summed E-state index contributed by atoms with van der Waals surface area (Å²) in [6.45, 7) is 2.47. The van der Waals surface area contributed by atoms with Crippen LogP contribution < -0.4 is 5.32 Å². The van der Waals surface area contributed by atoms with Crippen LogP contribution in [-0.2, 0) is 17.8 Å². The molecular weight excluding hydrogens is 256 g/mol. The van der Waals surface area contributed by atoms with Gasteiger partial charge < -0.3 is 10.1 Å². The van der Waals surface area contributed by atoms with E-state index in [9.17, 15) is 4.79 Å². The molecule has 2 aromatic heterocycles. The van der Waals surface area contributed by atoms with Crippen LogP contribution in [0.25, 0.3) is 0 Å². The Bertz CT molecular complexity index is 523. The van der Waals surface area contributed by atoms with E-state index in [0.29, 0.717) is 12.1 Å². The van der Waals surface area contributed by atoms with Crippen molar-refractivity contribution in [3.05, 3.63) is 48.0 Å². The van der Waals surface area contributed by atoms with Crippen LogP contribution in [0.15, 0.2) is 36.8 Å². The highest BCUT2D eigenvalue weighted by Gasteiger charge is 2.04. The summed E-state index contributed by atoms with van der Waals surface area (Å²) in [5, 5.41) is 7.45. The fourth-order valence-electron chi connectivity index (χ4n) is 1.78. The number of carbonyl (C=O) groups excluding carboxylic acids is 1. The third kappa shape index (κ3) is 4.17. The van der Waals surface area contributed by atoms with Gasteiger partial charge in [-0.15, -0.1) is 0 Å². The number of aromatic nitrogens is 3. The fraction of sp³-hybridized carbons (Fsp3) is 0.357. The van der Waals surface area contributed by atoms with Gasteiger partial charge >= 0.3 is 5.97 Å². The van der Waals surface area contributed by atoms with Crippen LogP contribution in [0.4, 0.5) is 0 Å². The van der Waals surface area contributed by atoms with Crippen molar-refractivity contribution < 1.29 is 9.53 Å². The van der Waals surface area contributed by atoms with E-state index in [1.807, 2.05) is 23.0 Å². The Morgan fingerprint density at radius 2 is 2.35 bits per heavy atom. The van der Waals surface area contributed by atoms with Crippen molar-refractivity contribution >= 4 is 5.97 Å². The number of ether oxygens (including phenoxy) is 1. The predicted octanol–water partition coefficient (Wildman–Crippen LogP) is 1.24. The molecule has 6 nitrogen and oxygen atoms in total. The molecule has 0 saturated carbocycles. The van der Waals surface area contributed by atoms with Crippen LogP contribution in [0.5, 0.6) is 0 Å². The van der Waals surface area contributed by atoms with Gasteiger partial charge in [-0.05, 0) is 31.2 Å². The minimum atomic E-state index is -0.365. The van der Waals surface area contributed by atoms with Crippen LogP contribution in [0.3, 0.4) is 0 Å². The van der Waals surface area contributed by atoms with Crippen molar-refractivity contribution in [2.75, 3.05) is 13.7 Å². The Morgan fingerprint density at radius 1 is 1.45 bits per heavy atom. The van der Waals surface area contributed by atoms with Crippen LogP contribution in [0.2, 0.25) is 0 Å². The number of hydrogen-bond donors (Lipinski definition) is 1. The maximum absolute atomic E-state index is 11.3. The Morgan fingerprint density at radius 3 is 3.00 bits per heavy atom. The van der Waals surface area contributed by atoms with Gasteiger partial charge in [0.2, 0.25) is 0 Å². The molecule has 0 aliphatic rings. The second kappa shape index (κ2) is 7.40. The van der Waals surface area contributed by atoms with E-state index >= 15 is 0 Å². The van der Waals surface area contributed by atoms with Crippen molar-refractivity contribution in [1.82, 2.24) is 20.1 Å². The van der Waals surface area contributed by atoms with E-state index in [0.717, 1.165) is 25.2 Å². The predicted molar refractivity (Wildman–Crippen MR) is 74.1 cm³/mol. The van der Waals surface area contributed by atoms with E-state index < -0.39 is 0 Å². The lowest BCUT2D eigenvalue weighted by Crippen LogP contribution is -2.17. The van der Waals surface area contributed by atoms with Gasteiger partial charge in [0.05, 0.1) is 18.4 Å². The molecule has 2 rings (SSSR count). The summed E-state index contributed by atoms with van der Waals surface area (Å²) in [4.78, 5) is 15.5. The molecule has 1 N–H and O–H groups in total. The zero-order chi connectivity index (χ0) is 14.2. The van der Waals surface area contributed by atoms with Crippen molar-refractivity contribution in [2.45, 2.75) is 19.5 Å². The quantitative estimate of drug-likeness (QED) is 0.608. The van der Waals surface area contributed by atoms with E-state index in [1.165, 1.54) is 13.3 Å². The molecule has 0 aromatic carbocycles. The maximum atomic E-state index is 11.3. The Hall–Kier alpha value is -2.21. The highest BCUT2D eigenvalue weighted by atomic mass is 16.5. The molecule has 2 heterocycles. The van der Waals surface area contributed by atoms with Gasteiger partial charge in [0.15, 0.2) is 0 Å². The highest BCUT2D eigenvalue weighted by Crippen LogP contribution is 2.01. The molecule has 0 saturated heterocycles. The smallest absolute Gasteiger partial charge is 0.339 e. The number of methoxy groups -OCH3 is 1. The van der Waals surface area contributed by atoms with E-state index in [4.69, 9.17) is 0 Å². The molecule has 0 amide bonds. The van der Waals surface area contributed by atoms with Gasteiger partial charge in [-0.25, -0.2) is 4.79 Å². The van der Waals surface area contributed by atoms with Crippen LogP contribution in [0, 0.1) is 0 Å². The van der Waals surface area contributed by atoms with Crippen molar-refractivity contribution in [3.63, 3.8) is 0 Å². The number of nitrogens with zero attached hydrogens (tertiary/aromatic N) is 3. The highest BCUT2D eigenvalue weighted by molar-refractivity contribution is 5.88. The minimum Gasteiger partial charge on any atom is -0.465 e. The zero-order valence-electron chi connectivity index (χ0n) is 11.5. The first kappa shape index (κ1) is 14.2. The molecule has 0 bridgehead atoms. The fourth-order valence-corrected chi connectivity index (χ4v) is 1.78. The average molecular weight is 274 g/mol. The lowest BCUT2D eigenvalue weighted by Gasteiger charge is -2.05. The first-order valence-corrected chi connectivity index (χ1v) is 6.51. The number of nitrogens with one attached hydrogen (secondary N) is 1. The average Bonchev–Trinajstić information content (AvgIpc) is 3.00. The molecule has 0 aliphatic heterocycles. The van der Waals surface area contributed by atoms with Crippen molar-refractivity contribution in [2.24, 2.45) is 0 Å². The van der Waals surface area contributed by atoms with Crippen LogP contribution in [0.1, 0.15) is 22.5 Å². The molecule has 6 heteroatoms. The van der Waals surface area contributed by atoms with Crippen molar-refractivity contribution in [1.29, 1.82) is 0 Å². The summed E-state index contributed by atoms with van der Waals surface area (Å²) in [6.07, 6.45) is 6.27. The maximum Gasteiger partial charge on any atom is 0.339 e.